The minimum atomic E-state index is -3.68. The number of hydrogen-bond donors (Lipinski definition) is 2. The Morgan fingerprint density at radius 1 is 1.31 bits per heavy atom. The molecule has 0 unspecified atom stereocenters. The van der Waals surface area contributed by atoms with Gasteiger partial charge in [-0.25, -0.2) is 0 Å². The Labute approximate surface area is 96.7 Å². The highest BCUT2D eigenvalue weighted by Crippen LogP contribution is 2.21. The molecule has 0 amide bonds. The number of H-pyrrole nitrogens is 1. The summed E-state index contributed by atoms with van der Waals surface area (Å²) in [6.45, 7) is 0. The molecule has 2 N–H and O–H groups in total. The molecule has 6 nitrogen and oxygen atoms in total. The van der Waals surface area contributed by atoms with Crippen molar-refractivity contribution < 1.29 is 8.42 Å². The second-order valence-electron chi connectivity index (χ2n) is 2.88. The zero-order chi connectivity index (χ0) is 11.6. The minimum absolute atomic E-state index is 0.0348. The fraction of sp³-hybridized carbons (Fsp3) is 0. The Hall–Kier alpha value is -1.60. The summed E-state index contributed by atoms with van der Waals surface area (Å²) in [6, 6.07) is 2.83. The molecule has 0 atom stereocenters. The number of rotatable bonds is 3. The van der Waals surface area contributed by atoms with Crippen molar-refractivity contribution in [3.8, 4) is 0 Å². The van der Waals surface area contributed by atoms with Gasteiger partial charge in [0, 0.05) is 6.20 Å². The first-order chi connectivity index (χ1) is 7.59. The highest BCUT2D eigenvalue weighted by atomic mass is 35.5. The van der Waals surface area contributed by atoms with Gasteiger partial charge in [0.1, 0.15) is 0 Å². The van der Waals surface area contributed by atoms with E-state index in [1.807, 2.05) is 0 Å². The van der Waals surface area contributed by atoms with Crippen LogP contribution < -0.4 is 4.72 Å². The third-order valence-electron chi connectivity index (χ3n) is 1.78. The zero-order valence-corrected chi connectivity index (χ0v) is 9.46. The summed E-state index contributed by atoms with van der Waals surface area (Å²) >= 11 is 5.80. The number of anilines is 1. The van der Waals surface area contributed by atoms with Gasteiger partial charge in [0.2, 0.25) is 0 Å². The molecule has 84 valence electrons. The van der Waals surface area contributed by atoms with Crippen LogP contribution in [0.4, 0.5) is 5.69 Å². The maximum atomic E-state index is 11.7. The summed E-state index contributed by atoms with van der Waals surface area (Å²) in [5, 5.41) is 6.15. The monoisotopic (exact) mass is 258 g/mol. The van der Waals surface area contributed by atoms with E-state index in [2.05, 4.69) is 19.9 Å². The van der Waals surface area contributed by atoms with Crippen molar-refractivity contribution in [2.24, 2.45) is 0 Å². The van der Waals surface area contributed by atoms with Gasteiger partial charge in [-0.2, -0.15) is 13.5 Å². The van der Waals surface area contributed by atoms with Crippen molar-refractivity contribution in [2.45, 2.75) is 5.03 Å². The first kappa shape index (κ1) is 10.9. The van der Waals surface area contributed by atoms with Gasteiger partial charge in [-0.3, -0.25) is 14.8 Å². The lowest BCUT2D eigenvalue weighted by atomic mass is 10.4. The third-order valence-corrected chi connectivity index (χ3v) is 3.40. The summed E-state index contributed by atoms with van der Waals surface area (Å²) in [5.41, 5.74) is 0.221. The van der Waals surface area contributed by atoms with Crippen LogP contribution in [0, 0.1) is 0 Å². The second kappa shape index (κ2) is 4.11. The second-order valence-corrected chi connectivity index (χ2v) is 4.94. The number of halogens is 1. The van der Waals surface area contributed by atoms with Crippen molar-refractivity contribution in [2.75, 3.05) is 4.72 Å². The van der Waals surface area contributed by atoms with Gasteiger partial charge < -0.3 is 0 Å². The summed E-state index contributed by atoms with van der Waals surface area (Å²) in [6.07, 6.45) is 4.14. The Kier molecular flexibility index (Phi) is 2.80. The van der Waals surface area contributed by atoms with E-state index < -0.39 is 10.0 Å². The van der Waals surface area contributed by atoms with Crippen molar-refractivity contribution in [3.63, 3.8) is 0 Å². The fourth-order valence-corrected chi connectivity index (χ4v) is 2.23. The van der Waals surface area contributed by atoms with Crippen LogP contribution in [-0.2, 0) is 10.0 Å². The lowest BCUT2D eigenvalue weighted by Crippen LogP contribution is -2.13. The first-order valence-corrected chi connectivity index (χ1v) is 6.07. The van der Waals surface area contributed by atoms with Gasteiger partial charge in [-0.15, -0.1) is 0 Å². The minimum Gasteiger partial charge on any atom is -0.275 e. The molecule has 2 heterocycles. The summed E-state index contributed by atoms with van der Waals surface area (Å²) < 4.78 is 25.8. The molecule has 0 aliphatic rings. The van der Waals surface area contributed by atoms with Gasteiger partial charge in [-0.1, -0.05) is 11.6 Å². The predicted octanol–water partition coefficient (Wildman–Crippen LogP) is 1.26. The molecular formula is C8H7ClN4O2S. The maximum Gasteiger partial charge on any atom is 0.278 e. The van der Waals surface area contributed by atoms with E-state index >= 15 is 0 Å². The molecule has 0 aliphatic carbocycles. The lowest BCUT2D eigenvalue weighted by molar-refractivity contribution is 0.597. The van der Waals surface area contributed by atoms with Crippen LogP contribution in [0.3, 0.4) is 0 Å². The topological polar surface area (TPSA) is 87.7 Å². The van der Waals surface area contributed by atoms with E-state index in [1.165, 1.54) is 30.7 Å². The maximum absolute atomic E-state index is 11.7. The molecule has 0 aliphatic heterocycles. The van der Waals surface area contributed by atoms with E-state index in [0.717, 1.165) is 0 Å². The van der Waals surface area contributed by atoms with Crippen LogP contribution in [0.25, 0.3) is 0 Å². The zero-order valence-electron chi connectivity index (χ0n) is 7.88. The molecule has 0 spiro atoms. The van der Waals surface area contributed by atoms with E-state index in [0.29, 0.717) is 0 Å². The molecule has 0 saturated heterocycles. The quantitative estimate of drug-likeness (QED) is 0.868. The fourth-order valence-electron chi connectivity index (χ4n) is 1.05. The van der Waals surface area contributed by atoms with Crippen LogP contribution in [-0.4, -0.2) is 23.6 Å². The normalized spacial score (nSPS) is 11.3. The van der Waals surface area contributed by atoms with Gasteiger partial charge >= 0.3 is 0 Å². The number of hydrogen-bond acceptors (Lipinski definition) is 4. The highest BCUT2D eigenvalue weighted by molar-refractivity contribution is 7.92. The van der Waals surface area contributed by atoms with Crippen LogP contribution in [0.2, 0.25) is 5.02 Å². The van der Waals surface area contributed by atoms with Crippen molar-refractivity contribution in [3.05, 3.63) is 35.7 Å². The average Bonchev–Trinajstić information content (AvgIpc) is 2.75. The third kappa shape index (κ3) is 2.15. The summed E-state index contributed by atoms with van der Waals surface area (Å²) in [5.74, 6) is 0. The molecular weight excluding hydrogens is 252 g/mol. The summed E-state index contributed by atoms with van der Waals surface area (Å²) in [4.78, 5) is 3.77. The number of sulfonamides is 1. The molecule has 8 heteroatoms. The van der Waals surface area contributed by atoms with E-state index in [-0.39, 0.29) is 15.7 Å². The standard InChI is InChI=1S/C8H7ClN4O2S/c9-6-1-3-10-5-7(6)13-16(14,15)8-2-4-11-12-8/h1-5,13H,(H,11,12). The van der Waals surface area contributed by atoms with E-state index in [1.54, 1.807) is 0 Å². The highest BCUT2D eigenvalue weighted by Gasteiger charge is 2.16. The number of nitrogens with zero attached hydrogens (tertiary/aromatic N) is 2. The number of aromatic amines is 1. The van der Waals surface area contributed by atoms with Crippen LogP contribution >= 0.6 is 11.6 Å². The largest absolute Gasteiger partial charge is 0.278 e. The Morgan fingerprint density at radius 2 is 2.12 bits per heavy atom. The molecule has 2 aromatic rings. The molecule has 0 fully saturated rings. The predicted molar refractivity (Wildman–Crippen MR) is 58.6 cm³/mol. The van der Waals surface area contributed by atoms with Crippen LogP contribution in [0.5, 0.6) is 0 Å². The first-order valence-electron chi connectivity index (χ1n) is 4.21. The molecule has 16 heavy (non-hydrogen) atoms. The molecule has 2 rings (SSSR count). The van der Waals surface area contributed by atoms with Crippen LogP contribution in [0.1, 0.15) is 0 Å². The van der Waals surface area contributed by atoms with Gasteiger partial charge in [0.15, 0.2) is 5.03 Å². The smallest absolute Gasteiger partial charge is 0.275 e. The Morgan fingerprint density at radius 3 is 2.75 bits per heavy atom. The molecule has 0 saturated carbocycles. The molecule has 0 bridgehead atoms. The number of nitrogens with one attached hydrogen (secondary N) is 2. The van der Waals surface area contributed by atoms with Gasteiger partial charge in [0.05, 0.1) is 23.1 Å². The summed E-state index contributed by atoms with van der Waals surface area (Å²) in [7, 11) is -3.68. The SMILES string of the molecule is O=S(=O)(Nc1cnccc1Cl)c1ccn[nH]1. The molecule has 0 radical (unpaired) electrons. The van der Waals surface area contributed by atoms with Crippen LogP contribution in [0.15, 0.2) is 35.7 Å². The Balaban J connectivity index is 2.33. The molecule has 2 aromatic heterocycles. The van der Waals surface area contributed by atoms with E-state index in [9.17, 15) is 8.42 Å². The van der Waals surface area contributed by atoms with Crippen molar-refractivity contribution in [1.29, 1.82) is 0 Å². The van der Waals surface area contributed by atoms with Crippen molar-refractivity contribution in [1.82, 2.24) is 15.2 Å². The molecule has 0 aromatic carbocycles. The lowest BCUT2D eigenvalue weighted by Gasteiger charge is -2.06. The number of pyridine rings is 1. The number of aromatic nitrogens is 3. The van der Waals surface area contributed by atoms with E-state index in [4.69, 9.17) is 11.6 Å². The Bertz CT molecular complexity index is 582. The van der Waals surface area contributed by atoms with Gasteiger partial charge in [-0.05, 0) is 12.1 Å². The van der Waals surface area contributed by atoms with Gasteiger partial charge in [0.25, 0.3) is 10.0 Å². The van der Waals surface area contributed by atoms with Crippen molar-refractivity contribution >= 4 is 27.3 Å². The average molecular weight is 259 g/mol.